The molecule has 0 saturated carbocycles. The molecule has 0 fully saturated rings. The Bertz CT molecular complexity index is 542. The van der Waals surface area contributed by atoms with Crippen LogP contribution in [0.15, 0.2) is 18.3 Å². The van der Waals surface area contributed by atoms with E-state index in [0.717, 1.165) is 10.4 Å². The molecule has 0 atom stereocenters. The number of anilines is 1. The molecule has 0 aliphatic carbocycles. The van der Waals surface area contributed by atoms with Gasteiger partial charge in [0, 0.05) is 11.8 Å². The lowest BCUT2D eigenvalue weighted by Gasteiger charge is -2.11. The van der Waals surface area contributed by atoms with Gasteiger partial charge in [-0.25, -0.2) is 4.98 Å². The van der Waals surface area contributed by atoms with Crippen LogP contribution in [0, 0.1) is 0 Å². The van der Waals surface area contributed by atoms with Crippen LogP contribution in [0.5, 0.6) is 11.5 Å². The lowest BCUT2D eigenvalue weighted by Crippen LogP contribution is -1.92. The lowest BCUT2D eigenvalue weighted by molar-refractivity contribution is 0.355. The fraction of sp³-hybridized carbons (Fsp3) is 0.182. The molecule has 0 unspecified atom stereocenters. The molecular weight excluding hydrogens is 260 g/mol. The Kier molecular flexibility index (Phi) is 3.40. The number of hydrogen-bond donors (Lipinski definition) is 1. The molecule has 4 nitrogen and oxygen atoms in total. The van der Waals surface area contributed by atoms with Gasteiger partial charge in [-0.05, 0) is 12.1 Å². The van der Waals surface area contributed by atoms with Crippen LogP contribution in [0.25, 0.3) is 10.4 Å². The van der Waals surface area contributed by atoms with E-state index >= 15 is 0 Å². The third-order valence-electron chi connectivity index (χ3n) is 2.27. The van der Waals surface area contributed by atoms with Crippen molar-refractivity contribution in [1.82, 2.24) is 4.98 Å². The van der Waals surface area contributed by atoms with Crippen LogP contribution >= 0.6 is 22.9 Å². The maximum Gasteiger partial charge on any atom is 0.180 e. The van der Waals surface area contributed by atoms with E-state index in [-0.39, 0.29) is 0 Å². The molecule has 0 radical (unpaired) electrons. The summed E-state index contributed by atoms with van der Waals surface area (Å²) in [5, 5.41) is 1.00. The molecule has 6 heteroatoms. The van der Waals surface area contributed by atoms with Gasteiger partial charge in [-0.2, -0.15) is 0 Å². The highest BCUT2D eigenvalue weighted by Crippen LogP contribution is 2.43. The second kappa shape index (κ2) is 4.81. The van der Waals surface area contributed by atoms with E-state index in [1.54, 1.807) is 26.5 Å². The second-order valence-electron chi connectivity index (χ2n) is 3.23. The summed E-state index contributed by atoms with van der Waals surface area (Å²) >= 11 is 7.64. The third-order valence-corrected chi connectivity index (χ3v) is 3.51. The maximum atomic E-state index is 6.27. The van der Waals surface area contributed by atoms with Gasteiger partial charge < -0.3 is 15.2 Å². The highest BCUT2D eigenvalue weighted by molar-refractivity contribution is 7.18. The first-order valence-corrected chi connectivity index (χ1v) is 5.99. The zero-order valence-electron chi connectivity index (χ0n) is 9.36. The van der Waals surface area contributed by atoms with E-state index in [9.17, 15) is 0 Å². The standard InChI is InChI=1S/C11H11ClN2O2S/c1-15-7-4-3-6(9(12)10(7)16-2)8-5-14-11(13)17-8/h3-5H,1-2H3,(H2,13,14). The van der Waals surface area contributed by atoms with Gasteiger partial charge in [-0.1, -0.05) is 22.9 Å². The first-order valence-electron chi connectivity index (χ1n) is 4.79. The Balaban J connectivity index is 2.56. The third kappa shape index (κ3) is 2.16. The topological polar surface area (TPSA) is 57.4 Å². The first-order chi connectivity index (χ1) is 8.17. The van der Waals surface area contributed by atoms with Crippen LogP contribution in [0.2, 0.25) is 5.02 Å². The summed E-state index contributed by atoms with van der Waals surface area (Å²) in [5.41, 5.74) is 6.43. The minimum Gasteiger partial charge on any atom is -0.493 e. The van der Waals surface area contributed by atoms with E-state index < -0.39 is 0 Å². The number of aromatic nitrogens is 1. The molecule has 1 aromatic heterocycles. The number of ether oxygens (including phenoxy) is 2. The Morgan fingerprint density at radius 3 is 2.59 bits per heavy atom. The second-order valence-corrected chi connectivity index (χ2v) is 4.67. The first kappa shape index (κ1) is 12.0. The van der Waals surface area contributed by atoms with Crippen LogP contribution in [0.4, 0.5) is 5.13 Å². The summed E-state index contributed by atoms with van der Waals surface area (Å²) in [6, 6.07) is 3.66. The highest BCUT2D eigenvalue weighted by atomic mass is 35.5. The molecule has 2 aromatic rings. The van der Waals surface area contributed by atoms with Crippen LogP contribution in [-0.2, 0) is 0 Å². The Hall–Kier alpha value is -1.46. The molecule has 0 amide bonds. The molecule has 0 spiro atoms. The molecule has 0 bridgehead atoms. The molecule has 1 heterocycles. The Morgan fingerprint density at radius 2 is 2.06 bits per heavy atom. The molecule has 0 saturated heterocycles. The van der Waals surface area contributed by atoms with Crippen molar-refractivity contribution in [2.24, 2.45) is 0 Å². The van der Waals surface area contributed by atoms with Crippen molar-refractivity contribution >= 4 is 28.1 Å². The predicted molar refractivity (Wildman–Crippen MR) is 70.1 cm³/mol. The van der Waals surface area contributed by atoms with Crippen molar-refractivity contribution in [1.29, 1.82) is 0 Å². The molecule has 0 aliphatic rings. The molecule has 2 N–H and O–H groups in total. The molecule has 0 aliphatic heterocycles. The normalized spacial score (nSPS) is 10.3. The molecule has 1 aromatic carbocycles. The van der Waals surface area contributed by atoms with E-state index in [1.165, 1.54) is 11.3 Å². The van der Waals surface area contributed by atoms with Gasteiger partial charge in [-0.15, -0.1) is 0 Å². The molecule has 90 valence electrons. The van der Waals surface area contributed by atoms with Crippen LogP contribution in [0.3, 0.4) is 0 Å². The summed E-state index contributed by atoms with van der Waals surface area (Å²) in [6.07, 6.45) is 1.69. The quantitative estimate of drug-likeness (QED) is 0.931. The van der Waals surface area contributed by atoms with Crippen molar-refractivity contribution in [2.75, 3.05) is 20.0 Å². The zero-order chi connectivity index (χ0) is 12.4. The number of halogens is 1. The van der Waals surface area contributed by atoms with Gasteiger partial charge in [0.05, 0.1) is 24.1 Å². The monoisotopic (exact) mass is 270 g/mol. The Morgan fingerprint density at radius 1 is 1.29 bits per heavy atom. The smallest absolute Gasteiger partial charge is 0.180 e. The van der Waals surface area contributed by atoms with Crippen LogP contribution < -0.4 is 15.2 Å². The predicted octanol–water partition coefficient (Wildman–Crippen LogP) is 3.06. The van der Waals surface area contributed by atoms with Gasteiger partial charge in [0.1, 0.15) is 0 Å². The average molecular weight is 271 g/mol. The van der Waals surface area contributed by atoms with Gasteiger partial charge in [0.15, 0.2) is 16.6 Å². The summed E-state index contributed by atoms with van der Waals surface area (Å²) in [5.74, 6) is 1.11. The van der Waals surface area contributed by atoms with Crippen molar-refractivity contribution in [3.8, 4) is 21.9 Å². The summed E-state index contributed by atoms with van der Waals surface area (Å²) in [6.45, 7) is 0. The lowest BCUT2D eigenvalue weighted by atomic mass is 10.2. The Labute approximate surface area is 108 Å². The van der Waals surface area contributed by atoms with Gasteiger partial charge in [-0.3, -0.25) is 0 Å². The highest BCUT2D eigenvalue weighted by Gasteiger charge is 2.15. The molecular formula is C11H11ClN2O2S. The molecule has 2 rings (SSSR count). The fourth-order valence-electron chi connectivity index (χ4n) is 1.49. The van der Waals surface area contributed by atoms with E-state index in [2.05, 4.69) is 4.98 Å². The van der Waals surface area contributed by atoms with Crippen molar-refractivity contribution in [2.45, 2.75) is 0 Å². The number of nitrogens with two attached hydrogens (primary N) is 1. The van der Waals surface area contributed by atoms with Gasteiger partial charge in [0.2, 0.25) is 0 Å². The summed E-state index contributed by atoms with van der Waals surface area (Å²) in [7, 11) is 3.12. The van der Waals surface area contributed by atoms with Crippen molar-refractivity contribution in [3.63, 3.8) is 0 Å². The largest absolute Gasteiger partial charge is 0.493 e. The maximum absolute atomic E-state index is 6.27. The summed E-state index contributed by atoms with van der Waals surface area (Å²) < 4.78 is 10.4. The SMILES string of the molecule is COc1ccc(-c2cnc(N)s2)c(Cl)c1OC. The number of nitrogen functional groups attached to an aromatic ring is 1. The van der Waals surface area contributed by atoms with E-state index in [1.807, 2.05) is 6.07 Å². The number of rotatable bonds is 3. The van der Waals surface area contributed by atoms with E-state index in [4.69, 9.17) is 26.8 Å². The zero-order valence-corrected chi connectivity index (χ0v) is 10.9. The van der Waals surface area contributed by atoms with Crippen LogP contribution in [0.1, 0.15) is 0 Å². The van der Waals surface area contributed by atoms with Crippen LogP contribution in [-0.4, -0.2) is 19.2 Å². The number of thiazole rings is 1. The minimum absolute atomic E-state index is 0.496. The summed E-state index contributed by atoms with van der Waals surface area (Å²) in [4.78, 5) is 4.89. The number of hydrogen-bond acceptors (Lipinski definition) is 5. The van der Waals surface area contributed by atoms with Gasteiger partial charge >= 0.3 is 0 Å². The van der Waals surface area contributed by atoms with E-state index in [0.29, 0.717) is 21.7 Å². The molecule has 17 heavy (non-hydrogen) atoms. The van der Waals surface area contributed by atoms with Crippen molar-refractivity contribution in [3.05, 3.63) is 23.4 Å². The van der Waals surface area contributed by atoms with Gasteiger partial charge in [0.25, 0.3) is 0 Å². The number of nitrogens with zero attached hydrogens (tertiary/aromatic N) is 1. The fourth-order valence-corrected chi connectivity index (χ4v) is 2.60. The number of methoxy groups -OCH3 is 2. The van der Waals surface area contributed by atoms with Crippen molar-refractivity contribution < 1.29 is 9.47 Å². The number of benzene rings is 1. The minimum atomic E-state index is 0.496. The average Bonchev–Trinajstić information content (AvgIpc) is 2.75.